The molecule has 2 unspecified atom stereocenters. The van der Waals surface area contributed by atoms with Crippen molar-refractivity contribution in [2.75, 3.05) is 31.1 Å². The van der Waals surface area contributed by atoms with Crippen LogP contribution < -0.4 is 4.90 Å². The minimum atomic E-state index is -0.0699. The van der Waals surface area contributed by atoms with Crippen LogP contribution in [0.5, 0.6) is 0 Å². The Labute approximate surface area is 247 Å². The second-order valence-electron chi connectivity index (χ2n) is 12.2. The molecular weight excluding hydrogens is 536 g/mol. The highest BCUT2D eigenvalue weighted by Gasteiger charge is 2.42. The number of rotatable bonds is 7. The summed E-state index contributed by atoms with van der Waals surface area (Å²) in [6.45, 7) is 8.63. The Morgan fingerprint density at radius 2 is 1.76 bits per heavy atom. The number of carbonyl (C=O) groups excluding carboxylic acids is 2. The predicted molar refractivity (Wildman–Crippen MR) is 162 cm³/mol. The summed E-state index contributed by atoms with van der Waals surface area (Å²) in [7, 11) is 0. The third-order valence-corrected chi connectivity index (χ3v) is 10.1. The summed E-state index contributed by atoms with van der Waals surface area (Å²) in [6.07, 6.45) is 8.89. The Morgan fingerprint density at radius 1 is 1.02 bits per heavy atom. The zero-order valence-corrected chi connectivity index (χ0v) is 25.2. The standard InChI is InChI=1S/C32H41ClN6O2/c1-21-7-8-27(20-29(21)33)38(32(41)24-11-16-36(17-12-24)23(3)40)15-5-14-37-25-9-10-26(37)19-28(18-25)39-22(2)35-30-6-4-13-34-31(30)39/h4,6-8,13,20,24-26,28H,5,9-12,14-19H2,1-3H3. The number of aryl methyl sites for hydroxylation is 2. The predicted octanol–water partition coefficient (Wildman–Crippen LogP) is 5.55. The van der Waals surface area contributed by atoms with Crippen LogP contribution in [0.15, 0.2) is 36.5 Å². The van der Waals surface area contributed by atoms with E-state index in [1.165, 1.54) is 12.8 Å². The lowest BCUT2D eigenvalue weighted by Gasteiger charge is -2.40. The normalized spacial score (nSPS) is 23.3. The van der Waals surface area contributed by atoms with Crippen molar-refractivity contribution in [3.05, 3.63) is 52.9 Å². The minimum absolute atomic E-state index is 0.0699. The van der Waals surface area contributed by atoms with Crippen LogP contribution in [0.2, 0.25) is 5.02 Å². The quantitative estimate of drug-likeness (QED) is 0.369. The number of likely N-dealkylation sites (tertiary alicyclic amines) is 1. The number of aromatic nitrogens is 3. The van der Waals surface area contributed by atoms with Crippen molar-refractivity contribution in [1.82, 2.24) is 24.3 Å². The molecule has 3 aromatic rings. The van der Waals surface area contributed by atoms with Crippen molar-refractivity contribution in [2.45, 2.75) is 83.8 Å². The number of amides is 2. The summed E-state index contributed by atoms with van der Waals surface area (Å²) >= 11 is 6.51. The van der Waals surface area contributed by atoms with Gasteiger partial charge in [0.1, 0.15) is 11.3 Å². The fourth-order valence-corrected chi connectivity index (χ4v) is 7.67. The van der Waals surface area contributed by atoms with Crippen molar-refractivity contribution in [2.24, 2.45) is 5.92 Å². The molecule has 0 N–H and O–H groups in total. The van der Waals surface area contributed by atoms with Gasteiger partial charge < -0.3 is 14.4 Å². The van der Waals surface area contributed by atoms with Crippen LogP contribution in [0.3, 0.4) is 0 Å². The molecule has 2 amide bonds. The number of piperidine rings is 2. The van der Waals surface area contributed by atoms with E-state index in [2.05, 4.69) is 27.4 Å². The van der Waals surface area contributed by atoms with Crippen LogP contribution in [0.4, 0.5) is 5.69 Å². The maximum absolute atomic E-state index is 13.9. The van der Waals surface area contributed by atoms with Crippen molar-refractivity contribution in [3.8, 4) is 0 Å². The molecule has 1 aromatic carbocycles. The van der Waals surface area contributed by atoms with Gasteiger partial charge in [0.2, 0.25) is 11.8 Å². The van der Waals surface area contributed by atoms with E-state index in [4.69, 9.17) is 16.6 Å². The Bertz CT molecular complexity index is 1420. The van der Waals surface area contributed by atoms with Gasteiger partial charge in [0.25, 0.3) is 0 Å². The van der Waals surface area contributed by atoms with Crippen LogP contribution >= 0.6 is 11.6 Å². The lowest BCUT2D eigenvalue weighted by molar-refractivity contribution is -0.133. The molecule has 2 bridgehead atoms. The maximum atomic E-state index is 13.9. The number of fused-ring (bicyclic) bond motifs is 3. The SMILES string of the molecule is CC(=O)N1CCC(C(=O)N(CCCN2C3CCC2CC(n2c(C)nc4cccnc42)C3)c2ccc(C)c(Cl)c2)CC1. The smallest absolute Gasteiger partial charge is 0.230 e. The Hall–Kier alpha value is -2.97. The zero-order valence-electron chi connectivity index (χ0n) is 24.4. The van der Waals surface area contributed by atoms with E-state index in [0.29, 0.717) is 55.6 Å². The number of halogens is 1. The largest absolute Gasteiger partial charge is 0.343 e. The van der Waals surface area contributed by atoms with Crippen LogP contribution in [0, 0.1) is 19.8 Å². The number of imidazole rings is 1. The molecular formula is C32H41ClN6O2. The second-order valence-corrected chi connectivity index (χ2v) is 12.6. The fourth-order valence-electron chi connectivity index (χ4n) is 7.49. The van der Waals surface area contributed by atoms with Crippen molar-refractivity contribution >= 4 is 40.3 Å². The van der Waals surface area contributed by atoms with Gasteiger partial charge in [0.15, 0.2) is 5.65 Å². The summed E-state index contributed by atoms with van der Waals surface area (Å²) in [5, 5.41) is 0.684. The molecule has 0 spiro atoms. The molecule has 41 heavy (non-hydrogen) atoms. The van der Waals surface area contributed by atoms with Gasteiger partial charge in [-0.1, -0.05) is 17.7 Å². The highest BCUT2D eigenvalue weighted by atomic mass is 35.5. The molecule has 218 valence electrons. The fraction of sp³-hybridized carbons (Fsp3) is 0.562. The summed E-state index contributed by atoms with van der Waals surface area (Å²) in [5.41, 5.74) is 3.86. The van der Waals surface area contributed by atoms with E-state index >= 15 is 0 Å². The number of hydrogen-bond acceptors (Lipinski definition) is 5. The number of benzene rings is 1. The van der Waals surface area contributed by atoms with Crippen LogP contribution in [0.1, 0.15) is 69.3 Å². The summed E-state index contributed by atoms with van der Waals surface area (Å²) in [6, 6.07) is 11.5. The van der Waals surface area contributed by atoms with Crippen molar-refractivity contribution in [3.63, 3.8) is 0 Å². The molecule has 2 atom stereocenters. The van der Waals surface area contributed by atoms with Crippen LogP contribution in [-0.4, -0.2) is 74.4 Å². The van der Waals surface area contributed by atoms with E-state index in [1.54, 1.807) is 6.92 Å². The highest BCUT2D eigenvalue weighted by molar-refractivity contribution is 6.31. The summed E-state index contributed by atoms with van der Waals surface area (Å²) < 4.78 is 2.37. The number of pyridine rings is 1. The lowest BCUT2D eigenvalue weighted by atomic mass is 9.94. The first-order valence-electron chi connectivity index (χ1n) is 15.2. The summed E-state index contributed by atoms with van der Waals surface area (Å²) in [4.78, 5) is 41.6. The van der Waals surface area contributed by atoms with Gasteiger partial charge in [0, 0.05) is 74.1 Å². The number of anilines is 1. The number of hydrogen-bond donors (Lipinski definition) is 0. The highest BCUT2D eigenvalue weighted by Crippen LogP contribution is 2.42. The monoisotopic (exact) mass is 576 g/mol. The molecule has 3 aliphatic rings. The molecule has 2 aromatic heterocycles. The Kier molecular flexibility index (Phi) is 8.05. The molecule has 0 saturated carbocycles. The van der Waals surface area contributed by atoms with Gasteiger partial charge in [-0.15, -0.1) is 0 Å². The van der Waals surface area contributed by atoms with Gasteiger partial charge in [-0.2, -0.15) is 0 Å². The Morgan fingerprint density at radius 3 is 2.44 bits per heavy atom. The molecule has 3 fully saturated rings. The molecule has 5 heterocycles. The lowest BCUT2D eigenvalue weighted by Crippen LogP contribution is -2.46. The third kappa shape index (κ3) is 5.61. The molecule has 3 aliphatic heterocycles. The van der Waals surface area contributed by atoms with E-state index in [9.17, 15) is 9.59 Å². The number of nitrogens with zero attached hydrogens (tertiary/aromatic N) is 6. The van der Waals surface area contributed by atoms with Gasteiger partial charge in [-0.3, -0.25) is 14.5 Å². The molecule has 0 radical (unpaired) electrons. The maximum Gasteiger partial charge on any atom is 0.230 e. The van der Waals surface area contributed by atoms with E-state index in [-0.39, 0.29) is 17.7 Å². The molecule has 8 nitrogen and oxygen atoms in total. The van der Waals surface area contributed by atoms with Crippen LogP contribution in [0.25, 0.3) is 11.2 Å². The average molecular weight is 577 g/mol. The van der Waals surface area contributed by atoms with Crippen LogP contribution in [-0.2, 0) is 9.59 Å². The molecule has 9 heteroatoms. The zero-order chi connectivity index (χ0) is 28.7. The second kappa shape index (κ2) is 11.7. The number of carbonyl (C=O) groups is 2. The first-order valence-corrected chi connectivity index (χ1v) is 15.6. The van der Waals surface area contributed by atoms with Crippen molar-refractivity contribution in [1.29, 1.82) is 0 Å². The summed E-state index contributed by atoms with van der Waals surface area (Å²) in [5.74, 6) is 1.23. The van der Waals surface area contributed by atoms with Gasteiger partial charge >= 0.3 is 0 Å². The molecule has 0 aliphatic carbocycles. The topological polar surface area (TPSA) is 74.6 Å². The Balaban J connectivity index is 1.13. The van der Waals surface area contributed by atoms with Gasteiger partial charge in [-0.05, 0) is 88.6 Å². The molecule has 6 rings (SSSR count). The third-order valence-electron chi connectivity index (χ3n) is 9.67. The van der Waals surface area contributed by atoms with E-state index < -0.39 is 0 Å². The average Bonchev–Trinajstić information content (AvgIpc) is 3.42. The minimum Gasteiger partial charge on any atom is -0.343 e. The van der Waals surface area contributed by atoms with Crippen molar-refractivity contribution < 1.29 is 9.59 Å². The van der Waals surface area contributed by atoms with Gasteiger partial charge in [-0.25, -0.2) is 9.97 Å². The van der Waals surface area contributed by atoms with E-state index in [0.717, 1.165) is 54.0 Å². The first kappa shape index (κ1) is 28.2. The first-order chi connectivity index (χ1) is 19.8. The van der Waals surface area contributed by atoms with Gasteiger partial charge in [0.05, 0.1) is 0 Å². The molecule has 3 saturated heterocycles. The van der Waals surface area contributed by atoms with E-state index in [1.807, 2.05) is 47.2 Å².